The lowest BCUT2D eigenvalue weighted by Gasteiger charge is -2.31. The molecule has 1 aromatic carbocycles. The van der Waals surface area contributed by atoms with Crippen molar-refractivity contribution < 1.29 is 4.79 Å². The Labute approximate surface area is 82.3 Å². The molecular weight excluding hydrogens is 176 g/mol. The van der Waals surface area contributed by atoms with E-state index in [2.05, 4.69) is 11.4 Å². The number of nitrogens with two attached hydrogens (primary N) is 1. The third-order valence-corrected chi connectivity index (χ3v) is 3.26. The fourth-order valence-electron chi connectivity index (χ4n) is 2.34. The second kappa shape index (κ2) is 2.50. The molecular formula is C11H12N2O. The Hall–Kier alpha value is -1.51. The Kier molecular flexibility index (Phi) is 1.40. The summed E-state index contributed by atoms with van der Waals surface area (Å²) >= 11 is 0. The number of anilines is 1. The van der Waals surface area contributed by atoms with Crippen molar-refractivity contribution in [1.29, 1.82) is 0 Å². The van der Waals surface area contributed by atoms with Gasteiger partial charge >= 0.3 is 6.03 Å². The number of rotatable bonds is 1. The lowest BCUT2D eigenvalue weighted by atomic mass is 9.76. The Bertz CT molecular complexity index is 407. The van der Waals surface area contributed by atoms with Gasteiger partial charge in [-0.3, -0.25) is 0 Å². The Morgan fingerprint density at radius 3 is 2.07 bits per heavy atom. The lowest BCUT2D eigenvalue weighted by Crippen LogP contribution is -2.27. The molecule has 1 aromatic rings. The van der Waals surface area contributed by atoms with Gasteiger partial charge in [0.05, 0.1) is 0 Å². The number of primary amides is 1. The molecule has 0 saturated heterocycles. The van der Waals surface area contributed by atoms with Gasteiger partial charge < -0.3 is 11.1 Å². The van der Waals surface area contributed by atoms with E-state index in [1.807, 2.05) is 0 Å². The Balaban J connectivity index is 2.12. The molecule has 2 aliphatic rings. The quantitative estimate of drug-likeness (QED) is 0.687. The van der Waals surface area contributed by atoms with Crippen molar-refractivity contribution in [2.45, 2.75) is 25.7 Å². The summed E-state index contributed by atoms with van der Waals surface area (Å²) in [5, 5.41) is 2.76. The van der Waals surface area contributed by atoms with Crippen LogP contribution in [0, 0.1) is 0 Å². The smallest absolute Gasteiger partial charge is 0.316 e. The van der Waals surface area contributed by atoms with Crippen molar-refractivity contribution in [1.82, 2.24) is 0 Å². The maximum atomic E-state index is 10.9. The van der Waals surface area contributed by atoms with Crippen LogP contribution in [0.2, 0.25) is 0 Å². The molecule has 2 aliphatic carbocycles. The van der Waals surface area contributed by atoms with E-state index in [-0.39, 0.29) is 0 Å². The first-order chi connectivity index (χ1) is 6.75. The zero-order valence-corrected chi connectivity index (χ0v) is 7.89. The third-order valence-electron chi connectivity index (χ3n) is 3.26. The number of aryl methyl sites for hydroxylation is 2. The van der Waals surface area contributed by atoms with Gasteiger partial charge in [0.15, 0.2) is 0 Å². The molecule has 14 heavy (non-hydrogen) atoms. The summed E-state index contributed by atoms with van der Waals surface area (Å²) in [6.45, 7) is 0. The minimum Gasteiger partial charge on any atom is -0.351 e. The van der Waals surface area contributed by atoms with E-state index in [0.29, 0.717) is 0 Å². The summed E-state index contributed by atoms with van der Waals surface area (Å²) in [4.78, 5) is 10.9. The largest absolute Gasteiger partial charge is 0.351 e. The maximum Gasteiger partial charge on any atom is 0.316 e. The summed E-state index contributed by atoms with van der Waals surface area (Å²) in [6, 6.07) is 1.84. The first kappa shape index (κ1) is 7.85. The van der Waals surface area contributed by atoms with Crippen LogP contribution in [-0.4, -0.2) is 6.03 Å². The first-order valence-corrected chi connectivity index (χ1v) is 4.98. The zero-order chi connectivity index (χ0) is 9.71. The monoisotopic (exact) mass is 188 g/mol. The van der Waals surface area contributed by atoms with E-state index < -0.39 is 6.03 Å². The van der Waals surface area contributed by atoms with Crippen molar-refractivity contribution in [3.63, 3.8) is 0 Å². The summed E-state index contributed by atoms with van der Waals surface area (Å²) in [5.74, 6) is 0. The van der Waals surface area contributed by atoms with Crippen LogP contribution in [-0.2, 0) is 25.7 Å². The highest BCUT2D eigenvalue weighted by Gasteiger charge is 2.27. The molecule has 72 valence electrons. The summed E-state index contributed by atoms with van der Waals surface area (Å²) in [6.07, 6.45) is 4.46. The standard InChI is InChI=1S/C11H12N2O/c12-11(14)13-10-8-3-1-6(8)5-7-2-4-9(7)10/h5H,1-4H2,(H3,12,13,14). The third kappa shape index (κ3) is 0.895. The number of carbonyl (C=O) groups is 1. The Morgan fingerprint density at radius 1 is 1.14 bits per heavy atom. The summed E-state index contributed by atoms with van der Waals surface area (Å²) in [7, 11) is 0. The van der Waals surface area contributed by atoms with E-state index in [9.17, 15) is 4.79 Å². The van der Waals surface area contributed by atoms with Gasteiger partial charge in [0.25, 0.3) is 0 Å². The molecule has 3 nitrogen and oxygen atoms in total. The van der Waals surface area contributed by atoms with Gasteiger partial charge in [-0.2, -0.15) is 0 Å². The van der Waals surface area contributed by atoms with Crippen molar-refractivity contribution in [2.75, 3.05) is 5.32 Å². The number of fused-ring (bicyclic) bond motifs is 2. The van der Waals surface area contributed by atoms with Crippen LogP contribution in [0.5, 0.6) is 0 Å². The molecule has 0 unspecified atom stereocenters. The molecule has 0 heterocycles. The molecule has 3 N–H and O–H groups in total. The van der Waals surface area contributed by atoms with E-state index in [1.165, 1.54) is 22.3 Å². The lowest BCUT2D eigenvalue weighted by molar-refractivity contribution is 0.259. The molecule has 0 spiro atoms. The van der Waals surface area contributed by atoms with Crippen LogP contribution in [0.1, 0.15) is 22.3 Å². The van der Waals surface area contributed by atoms with Gasteiger partial charge in [-0.1, -0.05) is 6.07 Å². The Morgan fingerprint density at radius 2 is 1.71 bits per heavy atom. The fourth-order valence-corrected chi connectivity index (χ4v) is 2.34. The molecule has 0 fully saturated rings. The van der Waals surface area contributed by atoms with Crippen LogP contribution in [0.25, 0.3) is 0 Å². The molecule has 0 atom stereocenters. The summed E-state index contributed by atoms with van der Waals surface area (Å²) in [5.41, 5.74) is 11.6. The average Bonchev–Trinajstić information content (AvgIpc) is 1.97. The molecule has 0 aromatic heterocycles. The van der Waals surface area contributed by atoms with Crippen molar-refractivity contribution in [3.8, 4) is 0 Å². The van der Waals surface area contributed by atoms with Gasteiger partial charge in [0.2, 0.25) is 0 Å². The topological polar surface area (TPSA) is 55.1 Å². The van der Waals surface area contributed by atoms with E-state index in [0.717, 1.165) is 31.4 Å². The van der Waals surface area contributed by atoms with Crippen molar-refractivity contribution in [3.05, 3.63) is 28.3 Å². The highest BCUT2D eigenvalue weighted by Crippen LogP contribution is 2.40. The van der Waals surface area contributed by atoms with E-state index >= 15 is 0 Å². The average molecular weight is 188 g/mol. The number of hydrogen-bond acceptors (Lipinski definition) is 1. The van der Waals surface area contributed by atoms with Gasteiger partial charge in [0, 0.05) is 5.69 Å². The van der Waals surface area contributed by atoms with E-state index in [1.54, 1.807) is 0 Å². The molecule has 0 aliphatic heterocycles. The number of urea groups is 1. The zero-order valence-electron chi connectivity index (χ0n) is 7.89. The number of hydrogen-bond donors (Lipinski definition) is 2. The minimum absolute atomic E-state index is 0.445. The normalized spacial score (nSPS) is 16.0. The molecule has 0 radical (unpaired) electrons. The molecule has 3 heteroatoms. The highest BCUT2D eigenvalue weighted by atomic mass is 16.2. The van der Waals surface area contributed by atoms with Crippen molar-refractivity contribution >= 4 is 11.7 Å². The van der Waals surface area contributed by atoms with Gasteiger partial charge in [-0.25, -0.2) is 4.79 Å². The molecule has 2 amide bonds. The maximum absolute atomic E-state index is 10.9. The second-order valence-corrected chi connectivity index (χ2v) is 4.02. The van der Waals surface area contributed by atoms with Gasteiger partial charge in [0.1, 0.15) is 0 Å². The fraction of sp³-hybridized carbons (Fsp3) is 0.364. The highest BCUT2D eigenvalue weighted by molar-refractivity contribution is 5.91. The van der Waals surface area contributed by atoms with Crippen LogP contribution < -0.4 is 11.1 Å². The number of amides is 2. The van der Waals surface area contributed by atoms with Gasteiger partial charge in [-0.15, -0.1) is 0 Å². The predicted octanol–water partition coefficient (Wildman–Crippen LogP) is 1.37. The van der Waals surface area contributed by atoms with Crippen LogP contribution >= 0.6 is 0 Å². The second-order valence-electron chi connectivity index (χ2n) is 4.02. The first-order valence-electron chi connectivity index (χ1n) is 4.98. The van der Waals surface area contributed by atoms with Crippen LogP contribution in [0.4, 0.5) is 10.5 Å². The SMILES string of the molecule is NC(=O)Nc1c2c(cc3c1CC3)CC2. The number of carbonyl (C=O) groups excluding carboxylic acids is 1. The van der Waals surface area contributed by atoms with Crippen LogP contribution in [0.15, 0.2) is 6.07 Å². The molecule has 0 bridgehead atoms. The van der Waals surface area contributed by atoms with Crippen molar-refractivity contribution in [2.24, 2.45) is 5.73 Å². The minimum atomic E-state index is -0.445. The number of nitrogens with one attached hydrogen (secondary N) is 1. The number of benzene rings is 1. The molecule has 0 saturated carbocycles. The van der Waals surface area contributed by atoms with E-state index in [4.69, 9.17) is 5.73 Å². The predicted molar refractivity (Wildman–Crippen MR) is 54.5 cm³/mol. The molecule has 3 rings (SSSR count). The van der Waals surface area contributed by atoms with Gasteiger partial charge in [-0.05, 0) is 47.9 Å². The van der Waals surface area contributed by atoms with Crippen LogP contribution in [0.3, 0.4) is 0 Å². The summed E-state index contributed by atoms with van der Waals surface area (Å²) < 4.78 is 0.